The van der Waals surface area contributed by atoms with Gasteiger partial charge in [-0.15, -0.1) is 11.8 Å². The number of fused-ring (bicyclic) bond motifs is 7. The van der Waals surface area contributed by atoms with Crippen LogP contribution in [0.5, 0.6) is 0 Å². The molecule has 0 bridgehead atoms. The Kier molecular flexibility index (Phi) is 8.31. The molecule has 5 aliphatic rings. The quantitative estimate of drug-likeness (QED) is 0.274. The number of aliphatic hydroxyl groups is 2. The number of ether oxygens (including phenoxy) is 2. The summed E-state index contributed by atoms with van der Waals surface area (Å²) in [6.45, 7) is 6.71. The molecule has 48 heavy (non-hydrogen) atoms. The third kappa shape index (κ3) is 4.81. The van der Waals surface area contributed by atoms with Gasteiger partial charge in [0.1, 0.15) is 12.8 Å². The number of allylic oxidation sites excluding steroid dienone is 4. The molecular formula is C38H43F2NO6S. The van der Waals surface area contributed by atoms with E-state index < -0.39 is 76.8 Å². The Balaban J connectivity index is 1.12. The van der Waals surface area contributed by atoms with Gasteiger partial charge in [0, 0.05) is 44.7 Å². The molecule has 1 heterocycles. The first kappa shape index (κ1) is 33.6. The van der Waals surface area contributed by atoms with Gasteiger partial charge >= 0.3 is 0 Å². The van der Waals surface area contributed by atoms with Gasteiger partial charge in [-0.3, -0.25) is 9.59 Å². The number of anilines is 1. The van der Waals surface area contributed by atoms with Crippen molar-refractivity contribution in [3.05, 3.63) is 83.5 Å². The third-order valence-corrected chi connectivity index (χ3v) is 13.0. The van der Waals surface area contributed by atoms with Crippen molar-refractivity contribution in [2.45, 2.75) is 99.6 Å². The molecular weight excluding hydrogens is 636 g/mol. The lowest BCUT2D eigenvalue weighted by Gasteiger charge is -2.63. The number of halogens is 2. The standard InChI is InChI=1S/C38H43F2NO6S/c1-21(2)41-24-9-11-26(12-10-24)48-20-22-5-7-23(8-6-22)34-46-33-17-27-28-16-30(39)29-15-25(43)13-14-35(29,3)37(28,40)31(44)18-36(27,4)38(33,47-34)32(45)19-42/h5-15,21,27-28,30-31,33-34,41-42,44H,16-20H2,1-4H3/t27-,28-,30-,31-,33+,34-,35-,36-,37-,38+/m0/s1. The maximum Gasteiger partial charge on any atom is 0.193 e. The molecule has 1 aliphatic heterocycles. The van der Waals surface area contributed by atoms with E-state index in [0.717, 1.165) is 28.0 Å². The third-order valence-electron chi connectivity index (χ3n) is 11.9. The number of rotatable bonds is 8. The van der Waals surface area contributed by atoms with E-state index >= 15 is 8.78 Å². The smallest absolute Gasteiger partial charge is 0.193 e. The van der Waals surface area contributed by atoms with E-state index in [1.165, 1.54) is 12.2 Å². The number of hydrogen-bond acceptors (Lipinski definition) is 8. The average Bonchev–Trinajstić information content (AvgIpc) is 3.56. The van der Waals surface area contributed by atoms with Crippen LogP contribution in [-0.4, -0.2) is 64.1 Å². The molecule has 2 aromatic rings. The van der Waals surface area contributed by atoms with Gasteiger partial charge in [0.2, 0.25) is 0 Å². The second-order valence-electron chi connectivity index (χ2n) is 14.8. The lowest BCUT2D eigenvalue weighted by Crippen LogP contribution is -2.70. The molecule has 256 valence electrons. The maximum atomic E-state index is 17.6. The molecule has 10 heteroatoms. The van der Waals surface area contributed by atoms with Crippen molar-refractivity contribution in [1.29, 1.82) is 0 Å². The van der Waals surface area contributed by atoms with Crippen molar-refractivity contribution < 1.29 is 38.1 Å². The summed E-state index contributed by atoms with van der Waals surface area (Å²) in [6.07, 6.45) is -1.34. The molecule has 1 saturated heterocycles. The summed E-state index contributed by atoms with van der Waals surface area (Å²) in [7, 11) is 0. The Morgan fingerprint density at radius 3 is 2.46 bits per heavy atom. The van der Waals surface area contributed by atoms with Gasteiger partial charge in [-0.05, 0) is 93.5 Å². The zero-order chi connectivity index (χ0) is 34.2. The Bertz CT molecular complexity index is 1660. The minimum Gasteiger partial charge on any atom is -0.390 e. The Hall–Kier alpha value is -2.89. The highest BCUT2D eigenvalue weighted by atomic mass is 32.2. The highest BCUT2D eigenvalue weighted by molar-refractivity contribution is 7.98. The maximum absolute atomic E-state index is 17.6. The van der Waals surface area contributed by atoms with Crippen LogP contribution in [0, 0.1) is 22.7 Å². The fraction of sp³-hybridized carbons (Fsp3) is 0.526. The summed E-state index contributed by atoms with van der Waals surface area (Å²) < 4.78 is 46.5. The number of Topliss-reactive ketones (excluding diaryl/α,β-unsaturated/α-hetero) is 1. The number of ketones is 2. The van der Waals surface area contributed by atoms with Crippen LogP contribution in [0.1, 0.15) is 64.4 Å². The van der Waals surface area contributed by atoms with Crippen molar-refractivity contribution in [1.82, 2.24) is 0 Å². The van der Waals surface area contributed by atoms with Crippen LogP contribution in [0.15, 0.2) is 77.2 Å². The van der Waals surface area contributed by atoms with E-state index in [1.807, 2.05) is 24.3 Å². The predicted octanol–water partition coefficient (Wildman–Crippen LogP) is 6.44. The molecule has 4 fully saturated rings. The molecule has 7 rings (SSSR count). The molecule has 0 aromatic heterocycles. The zero-order valence-corrected chi connectivity index (χ0v) is 28.4. The van der Waals surface area contributed by atoms with E-state index in [1.54, 1.807) is 25.6 Å². The Labute approximate surface area is 284 Å². The first-order valence-electron chi connectivity index (χ1n) is 16.8. The molecule has 3 saturated carbocycles. The van der Waals surface area contributed by atoms with Gasteiger partial charge in [0.25, 0.3) is 0 Å². The number of carbonyl (C=O) groups is 2. The van der Waals surface area contributed by atoms with Crippen molar-refractivity contribution in [2.24, 2.45) is 22.7 Å². The highest BCUT2D eigenvalue weighted by Gasteiger charge is 2.80. The number of nitrogens with one attached hydrogen (secondary N) is 1. The topological polar surface area (TPSA) is 105 Å². The van der Waals surface area contributed by atoms with Crippen LogP contribution in [0.4, 0.5) is 14.5 Å². The zero-order valence-electron chi connectivity index (χ0n) is 27.6. The van der Waals surface area contributed by atoms with E-state index in [-0.39, 0.29) is 24.8 Å². The molecule has 7 nitrogen and oxygen atoms in total. The fourth-order valence-corrected chi connectivity index (χ4v) is 10.5. The minimum absolute atomic E-state index is 0.0435. The minimum atomic E-state index is -2.29. The summed E-state index contributed by atoms with van der Waals surface area (Å²) >= 11 is 1.72. The second-order valence-corrected chi connectivity index (χ2v) is 15.9. The number of aliphatic hydroxyl groups excluding tert-OH is 2. The molecule has 0 amide bonds. The highest BCUT2D eigenvalue weighted by Crippen LogP contribution is 2.72. The van der Waals surface area contributed by atoms with Gasteiger partial charge in [-0.1, -0.05) is 37.3 Å². The molecule has 0 unspecified atom stereocenters. The number of thioether (sulfide) groups is 1. The van der Waals surface area contributed by atoms with Crippen LogP contribution in [0.3, 0.4) is 0 Å². The van der Waals surface area contributed by atoms with E-state index in [0.29, 0.717) is 11.6 Å². The lowest BCUT2D eigenvalue weighted by molar-refractivity contribution is -0.235. The first-order valence-corrected chi connectivity index (χ1v) is 17.8. The number of benzene rings is 2. The van der Waals surface area contributed by atoms with Crippen LogP contribution in [-0.2, 0) is 24.8 Å². The number of alkyl halides is 2. The Morgan fingerprint density at radius 1 is 1.08 bits per heavy atom. The molecule has 0 radical (unpaired) electrons. The van der Waals surface area contributed by atoms with Crippen molar-refractivity contribution in [2.75, 3.05) is 11.9 Å². The van der Waals surface area contributed by atoms with Crippen LogP contribution >= 0.6 is 11.8 Å². The first-order chi connectivity index (χ1) is 22.8. The van der Waals surface area contributed by atoms with Crippen molar-refractivity contribution in [3.8, 4) is 0 Å². The van der Waals surface area contributed by atoms with Crippen LogP contribution < -0.4 is 5.32 Å². The molecule has 4 aliphatic carbocycles. The monoisotopic (exact) mass is 679 g/mol. The van der Waals surface area contributed by atoms with Gasteiger partial charge in [0.15, 0.2) is 29.1 Å². The molecule has 3 N–H and O–H groups in total. The van der Waals surface area contributed by atoms with E-state index in [4.69, 9.17) is 9.47 Å². The summed E-state index contributed by atoms with van der Waals surface area (Å²) in [4.78, 5) is 27.1. The van der Waals surface area contributed by atoms with E-state index in [2.05, 4.69) is 43.4 Å². The number of carbonyl (C=O) groups excluding carboxylic acids is 2. The lowest BCUT2D eigenvalue weighted by atomic mass is 9.44. The fourth-order valence-electron chi connectivity index (χ4n) is 9.63. The Morgan fingerprint density at radius 2 is 1.79 bits per heavy atom. The summed E-state index contributed by atoms with van der Waals surface area (Å²) in [5.41, 5.74) is -3.73. The van der Waals surface area contributed by atoms with E-state index in [9.17, 15) is 19.8 Å². The van der Waals surface area contributed by atoms with Crippen LogP contribution in [0.2, 0.25) is 0 Å². The van der Waals surface area contributed by atoms with Gasteiger partial charge < -0.3 is 25.0 Å². The molecule has 0 spiro atoms. The number of hydrogen-bond donors (Lipinski definition) is 3. The normalized spacial score (nSPS) is 39.8. The molecule has 10 atom stereocenters. The summed E-state index contributed by atoms with van der Waals surface area (Å²) in [5, 5.41) is 25.3. The predicted molar refractivity (Wildman–Crippen MR) is 179 cm³/mol. The van der Waals surface area contributed by atoms with Gasteiger partial charge in [0.05, 0.1) is 12.2 Å². The van der Waals surface area contributed by atoms with Crippen LogP contribution in [0.25, 0.3) is 0 Å². The largest absolute Gasteiger partial charge is 0.390 e. The van der Waals surface area contributed by atoms with Crippen molar-refractivity contribution >= 4 is 29.0 Å². The van der Waals surface area contributed by atoms with Gasteiger partial charge in [-0.25, -0.2) is 8.78 Å². The van der Waals surface area contributed by atoms with Gasteiger partial charge in [-0.2, -0.15) is 0 Å². The molecule has 2 aromatic carbocycles. The van der Waals surface area contributed by atoms with Crippen molar-refractivity contribution in [3.63, 3.8) is 0 Å². The summed E-state index contributed by atoms with van der Waals surface area (Å²) in [5.74, 6) is -1.83. The second kappa shape index (κ2) is 11.9. The summed E-state index contributed by atoms with van der Waals surface area (Å²) in [6, 6.07) is 16.5. The average molecular weight is 680 g/mol. The SMILES string of the molecule is CC(C)Nc1ccc(SCc2ccc([C@H]3O[C@@H]4C[C@H]5[C@@H]6C[C@H](F)C7=CC(=O)C=C[C@]7(C)[C@@]6(F)[C@@H](O)C[C@]5(C)[C@]4(C(=O)CO)O3)cc2)cc1.